The number of rotatable bonds is 2. The molecule has 0 bridgehead atoms. The molecule has 1 aliphatic heterocycles. The molecule has 1 aliphatic rings. The van der Waals surface area contributed by atoms with E-state index in [2.05, 4.69) is 21.1 Å². The Morgan fingerprint density at radius 1 is 1.58 bits per heavy atom. The first-order valence-corrected chi connectivity index (χ1v) is 6.58. The van der Waals surface area contributed by atoms with E-state index < -0.39 is 17.8 Å². The number of hydrogen-bond acceptors (Lipinski definition) is 3. The normalized spacial score (nSPS) is 19.8. The van der Waals surface area contributed by atoms with E-state index in [1.807, 2.05) is 0 Å². The molecular weight excluding hydrogens is 317 g/mol. The van der Waals surface area contributed by atoms with E-state index in [0.29, 0.717) is 13.0 Å². The van der Waals surface area contributed by atoms with Crippen LogP contribution < -0.4 is 5.73 Å². The number of amidine groups is 1. The van der Waals surface area contributed by atoms with Crippen molar-refractivity contribution in [3.8, 4) is 0 Å². The van der Waals surface area contributed by atoms with Crippen molar-refractivity contribution in [1.29, 1.82) is 0 Å². The molecule has 0 saturated carbocycles. The smallest absolute Gasteiger partial charge is 0.257 e. The summed E-state index contributed by atoms with van der Waals surface area (Å²) in [4.78, 5) is 13.8. The van der Waals surface area contributed by atoms with Gasteiger partial charge < -0.3 is 15.8 Å². The maximum absolute atomic E-state index is 13.9. The highest BCUT2D eigenvalue weighted by atomic mass is 79.9. The van der Waals surface area contributed by atoms with Gasteiger partial charge in [0, 0.05) is 6.54 Å². The number of hydrogen-bond donors (Lipinski definition) is 2. The molecule has 1 amide bonds. The molecule has 1 aromatic carbocycles. The van der Waals surface area contributed by atoms with Gasteiger partial charge in [-0.05, 0) is 40.9 Å². The molecule has 2 rings (SSSR count). The number of nitrogens with zero attached hydrogens (tertiary/aromatic N) is 2. The molecule has 0 spiro atoms. The summed E-state index contributed by atoms with van der Waals surface area (Å²) in [5.74, 6) is -1.08. The van der Waals surface area contributed by atoms with Crippen molar-refractivity contribution in [2.75, 3.05) is 6.54 Å². The van der Waals surface area contributed by atoms with Gasteiger partial charge in [0.05, 0.1) is 16.1 Å². The largest absolute Gasteiger partial charge is 0.409 e. The third-order valence-corrected chi connectivity index (χ3v) is 3.76. The lowest BCUT2D eigenvalue weighted by molar-refractivity contribution is 0.0763. The van der Waals surface area contributed by atoms with Crippen molar-refractivity contribution in [1.82, 2.24) is 4.90 Å². The molecule has 1 unspecified atom stereocenters. The number of carbonyl (C=O) groups is 1. The molecule has 1 aromatic rings. The Kier molecular flexibility index (Phi) is 4.04. The summed E-state index contributed by atoms with van der Waals surface area (Å²) < 4.78 is 14.1. The molecule has 1 atom stereocenters. The maximum Gasteiger partial charge on any atom is 0.257 e. The fourth-order valence-electron chi connectivity index (χ4n) is 2.21. The van der Waals surface area contributed by atoms with Crippen LogP contribution in [0.1, 0.15) is 23.2 Å². The minimum Gasteiger partial charge on any atom is -0.409 e. The molecule has 0 aliphatic carbocycles. The molecule has 0 radical (unpaired) electrons. The van der Waals surface area contributed by atoms with Gasteiger partial charge in [-0.2, -0.15) is 0 Å². The van der Waals surface area contributed by atoms with Gasteiger partial charge in [-0.3, -0.25) is 4.79 Å². The van der Waals surface area contributed by atoms with Crippen molar-refractivity contribution in [3.05, 3.63) is 34.1 Å². The highest BCUT2D eigenvalue weighted by Crippen LogP contribution is 2.24. The average Bonchev–Trinajstić information content (AvgIpc) is 2.89. The zero-order valence-electron chi connectivity index (χ0n) is 10.0. The van der Waals surface area contributed by atoms with Crippen molar-refractivity contribution < 1.29 is 14.4 Å². The monoisotopic (exact) mass is 329 g/mol. The van der Waals surface area contributed by atoms with Crippen LogP contribution in [0.2, 0.25) is 0 Å². The summed E-state index contributed by atoms with van der Waals surface area (Å²) in [6.45, 7) is 0.464. The molecule has 1 fully saturated rings. The quantitative estimate of drug-likeness (QED) is 0.376. The SMILES string of the molecule is N/C(=N/O)C1CCCN1C(=O)c1cccc(Br)c1F. The Balaban J connectivity index is 2.31. The van der Waals surface area contributed by atoms with E-state index >= 15 is 0 Å². The Hall–Kier alpha value is -1.63. The number of oxime groups is 1. The van der Waals surface area contributed by atoms with Crippen molar-refractivity contribution >= 4 is 27.7 Å². The lowest BCUT2D eigenvalue weighted by Gasteiger charge is -2.23. The van der Waals surface area contributed by atoms with E-state index in [0.717, 1.165) is 6.42 Å². The van der Waals surface area contributed by atoms with Gasteiger partial charge >= 0.3 is 0 Å². The fourth-order valence-corrected chi connectivity index (χ4v) is 2.57. The summed E-state index contributed by atoms with van der Waals surface area (Å²) in [6, 6.07) is 4.06. The van der Waals surface area contributed by atoms with Gasteiger partial charge in [-0.25, -0.2) is 4.39 Å². The number of carbonyl (C=O) groups excluding carboxylic acids is 1. The van der Waals surface area contributed by atoms with Gasteiger partial charge in [-0.15, -0.1) is 0 Å². The third kappa shape index (κ3) is 2.56. The first kappa shape index (κ1) is 13.8. The fraction of sp³-hybridized carbons (Fsp3) is 0.333. The van der Waals surface area contributed by atoms with Crippen LogP contribution in [-0.4, -0.2) is 34.4 Å². The number of amides is 1. The summed E-state index contributed by atoms with van der Waals surface area (Å²) in [6.07, 6.45) is 1.35. The van der Waals surface area contributed by atoms with Crippen molar-refractivity contribution in [2.24, 2.45) is 10.9 Å². The van der Waals surface area contributed by atoms with Crippen LogP contribution in [-0.2, 0) is 0 Å². The van der Waals surface area contributed by atoms with Crippen LogP contribution in [0.4, 0.5) is 4.39 Å². The Bertz CT molecular complexity index is 536. The molecule has 5 nitrogen and oxygen atoms in total. The van der Waals surface area contributed by atoms with Gasteiger partial charge in [-0.1, -0.05) is 11.2 Å². The van der Waals surface area contributed by atoms with Crippen LogP contribution in [0.5, 0.6) is 0 Å². The highest BCUT2D eigenvalue weighted by molar-refractivity contribution is 9.10. The number of benzene rings is 1. The van der Waals surface area contributed by atoms with Crippen molar-refractivity contribution in [3.63, 3.8) is 0 Å². The minimum absolute atomic E-state index is 0.0213. The Morgan fingerprint density at radius 2 is 2.32 bits per heavy atom. The van der Waals surface area contributed by atoms with E-state index in [9.17, 15) is 9.18 Å². The van der Waals surface area contributed by atoms with Gasteiger partial charge in [0.1, 0.15) is 5.82 Å². The lowest BCUT2D eigenvalue weighted by Crippen LogP contribution is -2.44. The summed E-state index contributed by atoms with van der Waals surface area (Å²) in [7, 11) is 0. The standard InChI is InChI=1S/C12H13BrFN3O2/c13-8-4-1-3-7(10(8)14)12(18)17-6-2-5-9(17)11(15)16-19/h1,3-4,9,19H,2,5-6H2,(H2,15,16). The number of nitrogens with two attached hydrogens (primary N) is 1. The number of halogens is 2. The van der Waals surface area contributed by atoms with Gasteiger partial charge in [0.25, 0.3) is 5.91 Å². The molecule has 0 aromatic heterocycles. The molecular formula is C12H13BrFN3O2. The number of likely N-dealkylation sites (tertiary alicyclic amines) is 1. The second-order valence-corrected chi connectivity index (χ2v) is 5.14. The van der Waals surface area contributed by atoms with E-state index in [-0.39, 0.29) is 15.9 Å². The van der Waals surface area contributed by atoms with E-state index in [1.165, 1.54) is 17.0 Å². The predicted molar refractivity (Wildman–Crippen MR) is 71.6 cm³/mol. The lowest BCUT2D eigenvalue weighted by atomic mass is 10.1. The summed E-state index contributed by atoms with van der Waals surface area (Å²) in [5, 5.41) is 11.6. The molecule has 7 heteroatoms. The van der Waals surface area contributed by atoms with E-state index in [4.69, 9.17) is 10.9 Å². The second kappa shape index (κ2) is 5.56. The van der Waals surface area contributed by atoms with Crippen LogP contribution >= 0.6 is 15.9 Å². The summed E-state index contributed by atoms with van der Waals surface area (Å²) >= 11 is 3.05. The van der Waals surface area contributed by atoms with Gasteiger partial charge in [0.2, 0.25) is 0 Å². The Labute approximate surface area is 118 Å². The van der Waals surface area contributed by atoms with Crippen LogP contribution in [0, 0.1) is 5.82 Å². The predicted octanol–water partition coefficient (Wildman–Crippen LogP) is 1.94. The minimum atomic E-state index is -0.599. The van der Waals surface area contributed by atoms with Crippen LogP contribution in [0.3, 0.4) is 0 Å². The molecule has 3 N–H and O–H groups in total. The highest BCUT2D eigenvalue weighted by Gasteiger charge is 2.33. The first-order valence-electron chi connectivity index (χ1n) is 5.78. The first-order chi connectivity index (χ1) is 9.06. The van der Waals surface area contributed by atoms with Crippen LogP contribution in [0.15, 0.2) is 27.8 Å². The Morgan fingerprint density at radius 3 is 3.00 bits per heavy atom. The topological polar surface area (TPSA) is 78.9 Å². The molecule has 19 heavy (non-hydrogen) atoms. The molecule has 102 valence electrons. The molecule has 1 heterocycles. The molecule has 1 saturated heterocycles. The van der Waals surface area contributed by atoms with E-state index in [1.54, 1.807) is 6.07 Å². The zero-order valence-corrected chi connectivity index (χ0v) is 11.6. The van der Waals surface area contributed by atoms with Crippen molar-refractivity contribution in [2.45, 2.75) is 18.9 Å². The zero-order chi connectivity index (χ0) is 14.0. The third-order valence-electron chi connectivity index (χ3n) is 3.15. The van der Waals surface area contributed by atoms with Gasteiger partial charge in [0.15, 0.2) is 5.84 Å². The maximum atomic E-state index is 13.9. The average molecular weight is 330 g/mol. The second-order valence-electron chi connectivity index (χ2n) is 4.28. The summed E-state index contributed by atoms with van der Waals surface area (Å²) in [5.41, 5.74) is 5.53. The van der Waals surface area contributed by atoms with Crippen LogP contribution in [0.25, 0.3) is 0 Å².